The molecule has 0 spiro atoms. The third kappa shape index (κ3) is 2.53. The first-order valence-electron chi connectivity index (χ1n) is 4.80. The predicted octanol–water partition coefficient (Wildman–Crippen LogP) is 1.89. The van der Waals surface area contributed by atoms with Gasteiger partial charge in [-0.2, -0.15) is 18.2 Å². The Morgan fingerprint density at radius 1 is 1.33 bits per heavy atom. The summed E-state index contributed by atoms with van der Waals surface area (Å²) < 4.78 is 40.8. The molecule has 0 bridgehead atoms. The highest BCUT2D eigenvalue weighted by Crippen LogP contribution is 2.29. The SMILES string of the molecule is O=CCc1ccc(-c2noc(C(F)(F)F)n2)cn1. The maximum atomic E-state index is 12.2. The Bertz CT molecular complexity index is 548. The Balaban J connectivity index is 2.26. The maximum absolute atomic E-state index is 12.2. The highest BCUT2D eigenvalue weighted by molar-refractivity contribution is 5.56. The quantitative estimate of drug-likeness (QED) is 0.785. The fourth-order valence-electron chi connectivity index (χ4n) is 1.22. The lowest BCUT2D eigenvalue weighted by atomic mass is 10.2. The van der Waals surface area contributed by atoms with Crippen LogP contribution >= 0.6 is 0 Å². The predicted molar refractivity (Wildman–Crippen MR) is 52.3 cm³/mol. The van der Waals surface area contributed by atoms with E-state index in [1.54, 1.807) is 0 Å². The molecule has 0 fully saturated rings. The zero-order valence-corrected chi connectivity index (χ0v) is 8.81. The number of carbonyl (C=O) groups is 1. The summed E-state index contributed by atoms with van der Waals surface area (Å²) >= 11 is 0. The van der Waals surface area contributed by atoms with Crippen molar-refractivity contribution in [3.8, 4) is 11.4 Å². The topological polar surface area (TPSA) is 68.9 Å². The number of nitrogens with zero attached hydrogens (tertiary/aromatic N) is 3. The zero-order chi connectivity index (χ0) is 13.2. The van der Waals surface area contributed by atoms with Crippen LogP contribution in [-0.4, -0.2) is 21.4 Å². The average Bonchev–Trinajstić information content (AvgIpc) is 2.79. The van der Waals surface area contributed by atoms with Crippen molar-refractivity contribution in [1.82, 2.24) is 15.1 Å². The summed E-state index contributed by atoms with van der Waals surface area (Å²) in [6.07, 6.45) is -2.57. The van der Waals surface area contributed by atoms with E-state index < -0.39 is 12.1 Å². The van der Waals surface area contributed by atoms with E-state index in [0.29, 0.717) is 12.0 Å². The molecule has 8 heteroatoms. The Kier molecular flexibility index (Phi) is 3.09. The van der Waals surface area contributed by atoms with Gasteiger partial charge in [-0.1, -0.05) is 5.16 Å². The van der Waals surface area contributed by atoms with E-state index in [-0.39, 0.29) is 17.8 Å². The van der Waals surface area contributed by atoms with Gasteiger partial charge in [0.05, 0.1) is 0 Å². The molecule has 0 amide bonds. The minimum atomic E-state index is -4.67. The van der Waals surface area contributed by atoms with E-state index >= 15 is 0 Å². The second-order valence-electron chi connectivity index (χ2n) is 3.33. The number of aromatic nitrogens is 3. The van der Waals surface area contributed by atoms with E-state index in [9.17, 15) is 18.0 Å². The maximum Gasteiger partial charge on any atom is 0.471 e. The zero-order valence-electron chi connectivity index (χ0n) is 8.81. The van der Waals surface area contributed by atoms with Gasteiger partial charge in [-0.05, 0) is 12.1 Å². The molecule has 5 nitrogen and oxygen atoms in total. The Labute approximate surface area is 98.6 Å². The second kappa shape index (κ2) is 4.55. The Morgan fingerprint density at radius 3 is 2.61 bits per heavy atom. The number of alkyl halides is 3. The van der Waals surface area contributed by atoms with Gasteiger partial charge < -0.3 is 9.32 Å². The molecule has 18 heavy (non-hydrogen) atoms. The molecule has 0 aromatic carbocycles. The molecule has 0 atom stereocenters. The second-order valence-corrected chi connectivity index (χ2v) is 3.33. The number of carbonyl (C=O) groups excluding carboxylic acids is 1. The highest BCUT2D eigenvalue weighted by Gasteiger charge is 2.38. The Hall–Kier alpha value is -2.25. The van der Waals surface area contributed by atoms with Crippen LogP contribution in [0.4, 0.5) is 13.2 Å². The van der Waals surface area contributed by atoms with Crippen LogP contribution in [0, 0.1) is 0 Å². The van der Waals surface area contributed by atoms with Crippen LogP contribution in [0.25, 0.3) is 11.4 Å². The molecule has 2 heterocycles. The van der Waals surface area contributed by atoms with Crippen molar-refractivity contribution in [1.29, 1.82) is 0 Å². The third-order valence-electron chi connectivity index (χ3n) is 2.04. The lowest BCUT2D eigenvalue weighted by molar-refractivity contribution is -0.159. The Morgan fingerprint density at radius 2 is 2.11 bits per heavy atom. The fraction of sp³-hybridized carbons (Fsp3) is 0.200. The van der Waals surface area contributed by atoms with E-state index in [2.05, 4.69) is 19.6 Å². The van der Waals surface area contributed by atoms with Crippen LogP contribution in [-0.2, 0) is 17.4 Å². The van der Waals surface area contributed by atoms with Gasteiger partial charge in [0.15, 0.2) is 0 Å². The molecule has 0 radical (unpaired) electrons. The van der Waals surface area contributed by atoms with Gasteiger partial charge in [0.25, 0.3) is 0 Å². The van der Waals surface area contributed by atoms with Crippen LogP contribution in [0.5, 0.6) is 0 Å². The van der Waals surface area contributed by atoms with Crippen molar-refractivity contribution in [3.63, 3.8) is 0 Å². The third-order valence-corrected chi connectivity index (χ3v) is 2.04. The van der Waals surface area contributed by atoms with E-state index in [4.69, 9.17) is 0 Å². The van der Waals surface area contributed by atoms with Crippen molar-refractivity contribution in [2.24, 2.45) is 0 Å². The number of pyridine rings is 1. The number of halogens is 3. The lowest BCUT2D eigenvalue weighted by Crippen LogP contribution is -2.04. The van der Waals surface area contributed by atoms with E-state index in [0.717, 1.165) is 0 Å². The van der Waals surface area contributed by atoms with E-state index in [1.165, 1.54) is 18.3 Å². The molecule has 0 saturated carbocycles. The van der Waals surface area contributed by atoms with Gasteiger partial charge in [-0.25, -0.2) is 0 Å². The minimum Gasteiger partial charge on any atom is -0.329 e. The summed E-state index contributed by atoms with van der Waals surface area (Å²) in [5.74, 6) is -1.61. The number of hydrogen-bond donors (Lipinski definition) is 0. The van der Waals surface area contributed by atoms with Crippen LogP contribution in [0.15, 0.2) is 22.9 Å². The number of hydrogen-bond acceptors (Lipinski definition) is 5. The first-order valence-corrected chi connectivity index (χ1v) is 4.80. The van der Waals surface area contributed by atoms with Crippen molar-refractivity contribution in [2.75, 3.05) is 0 Å². The fourth-order valence-corrected chi connectivity index (χ4v) is 1.22. The van der Waals surface area contributed by atoms with E-state index in [1.807, 2.05) is 0 Å². The normalized spacial score (nSPS) is 11.5. The van der Waals surface area contributed by atoms with Crippen molar-refractivity contribution in [2.45, 2.75) is 12.6 Å². The van der Waals surface area contributed by atoms with Gasteiger partial charge in [0.2, 0.25) is 5.82 Å². The molecule has 0 aliphatic rings. The summed E-state index contributed by atoms with van der Waals surface area (Å²) in [6.45, 7) is 0. The van der Waals surface area contributed by atoms with Gasteiger partial charge in [0, 0.05) is 23.9 Å². The summed E-state index contributed by atoms with van der Waals surface area (Å²) in [4.78, 5) is 17.3. The first kappa shape index (κ1) is 12.2. The monoisotopic (exact) mass is 257 g/mol. The molecule has 0 aliphatic carbocycles. The molecule has 0 saturated heterocycles. The minimum absolute atomic E-state index is 0.139. The van der Waals surface area contributed by atoms with Crippen LogP contribution in [0.2, 0.25) is 0 Å². The number of aldehydes is 1. The van der Waals surface area contributed by atoms with Crippen LogP contribution in [0.3, 0.4) is 0 Å². The van der Waals surface area contributed by atoms with Crippen LogP contribution in [0.1, 0.15) is 11.6 Å². The van der Waals surface area contributed by atoms with Gasteiger partial charge in [-0.15, -0.1) is 0 Å². The van der Waals surface area contributed by atoms with Gasteiger partial charge >= 0.3 is 12.1 Å². The van der Waals surface area contributed by atoms with Crippen LogP contribution < -0.4 is 0 Å². The molecule has 0 unspecified atom stereocenters. The highest BCUT2D eigenvalue weighted by atomic mass is 19.4. The molecule has 2 rings (SSSR count). The summed E-state index contributed by atoms with van der Waals surface area (Å²) in [6, 6.07) is 2.98. The van der Waals surface area contributed by atoms with Crippen molar-refractivity contribution in [3.05, 3.63) is 29.9 Å². The molecule has 2 aromatic rings. The molecular formula is C10H6F3N3O2. The lowest BCUT2D eigenvalue weighted by Gasteiger charge is -1.97. The van der Waals surface area contributed by atoms with Crippen molar-refractivity contribution < 1.29 is 22.5 Å². The van der Waals surface area contributed by atoms with Gasteiger partial charge in [-0.3, -0.25) is 4.98 Å². The number of rotatable bonds is 3. The smallest absolute Gasteiger partial charge is 0.329 e. The average molecular weight is 257 g/mol. The molecule has 2 aromatic heterocycles. The summed E-state index contributed by atoms with van der Waals surface area (Å²) in [5, 5.41) is 3.21. The summed E-state index contributed by atoms with van der Waals surface area (Å²) in [5.41, 5.74) is 0.789. The molecular weight excluding hydrogens is 251 g/mol. The summed E-state index contributed by atoms with van der Waals surface area (Å²) in [7, 11) is 0. The molecule has 0 aliphatic heterocycles. The molecule has 94 valence electrons. The first-order chi connectivity index (χ1) is 8.50. The standard InChI is InChI=1S/C10H6F3N3O2/c11-10(12,13)9-15-8(16-18-9)6-1-2-7(3-4-17)14-5-6/h1-2,4-5H,3H2. The van der Waals surface area contributed by atoms with Crippen molar-refractivity contribution >= 4 is 6.29 Å². The van der Waals surface area contributed by atoms with Gasteiger partial charge in [0.1, 0.15) is 6.29 Å². The largest absolute Gasteiger partial charge is 0.471 e. The molecule has 0 N–H and O–H groups in total.